The third kappa shape index (κ3) is 8.44. The molecule has 0 radical (unpaired) electrons. The van der Waals surface area contributed by atoms with Crippen LogP contribution in [0.3, 0.4) is 0 Å². The van der Waals surface area contributed by atoms with Crippen LogP contribution >= 0.6 is 11.6 Å². The number of likely N-dealkylation sites (tertiary alicyclic amines) is 1. The first-order valence-corrected chi connectivity index (χ1v) is 17.0. The standard InChI is InChI=1S/C31H42ClF3N4O3S/c1-20(2)16-28(36-43(5,41)42)25-17-23(31(33,34)35)8-11-29(25)37-12-14-38(15-13-37)30(40)27-19-39(21(3)4)18-26(27)22-6-9-24(32)10-7-22/h6-11,17,20-21,26-28,36H,12-16,18-19H2,1-5H3/t26-,27+,28-/m0/s1. The van der Waals surface area contributed by atoms with Crippen LogP contribution in [-0.4, -0.2) is 75.7 Å². The lowest BCUT2D eigenvalue weighted by molar-refractivity contribution is -0.138. The molecule has 3 atom stereocenters. The number of anilines is 1. The van der Waals surface area contributed by atoms with Gasteiger partial charge in [-0.1, -0.05) is 37.6 Å². The van der Waals surface area contributed by atoms with E-state index in [4.69, 9.17) is 11.6 Å². The summed E-state index contributed by atoms with van der Waals surface area (Å²) in [4.78, 5) is 20.1. The number of sulfonamides is 1. The summed E-state index contributed by atoms with van der Waals surface area (Å²) in [6, 6.07) is 10.7. The van der Waals surface area contributed by atoms with Crippen LogP contribution in [0.15, 0.2) is 42.5 Å². The van der Waals surface area contributed by atoms with Crippen LogP contribution < -0.4 is 9.62 Å². The van der Waals surface area contributed by atoms with Crippen molar-refractivity contribution in [2.24, 2.45) is 11.8 Å². The molecule has 1 N–H and O–H groups in total. The lowest BCUT2D eigenvalue weighted by Crippen LogP contribution is -2.51. The van der Waals surface area contributed by atoms with Crippen molar-refractivity contribution in [1.29, 1.82) is 0 Å². The Hall–Kier alpha value is -2.34. The predicted octanol–water partition coefficient (Wildman–Crippen LogP) is 5.77. The van der Waals surface area contributed by atoms with Crippen molar-refractivity contribution in [3.8, 4) is 0 Å². The Balaban J connectivity index is 1.57. The second-order valence-electron chi connectivity index (χ2n) is 12.5. The molecule has 4 rings (SSSR count). The smallest absolute Gasteiger partial charge is 0.368 e. The van der Waals surface area contributed by atoms with Crippen molar-refractivity contribution in [1.82, 2.24) is 14.5 Å². The molecule has 0 aromatic heterocycles. The summed E-state index contributed by atoms with van der Waals surface area (Å²) in [5, 5.41) is 0.645. The number of piperazine rings is 1. The number of hydrogen-bond donors (Lipinski definition) is 1. The number of hydrogen-bond acceptors (Lipinski definition) is 5. The van der Waals surface area contributed by atoms with E-state index in [2.05, 4.69) is 23.5 Å². The molecule has 2 heterocycles. The summed E-state index contributed by atoms with van der Waals surface area (Å²) in [5.41, 5.74) is 1.09. The highest BCUT2D eigenvalue weighted by atomic mass is 35.5. The number of alkyl halides is 3. The number of carbonyl (C=O) groups is 1. The number of nitrogens with zero attached hydrogens (tertiary/aromatic N) is 3. The van der Waals surface area contributed by atoms with Crippen molar-refractivity contribution in [2.45, 2.75) is 58.3 Å². The highest BCUT2D eigenvalue weighted by molar-refractivity contribution is 7.88. The van der Waals surface area contributed by atoms with Gasteiger partial charge in [0.2, 0.25) is 15.9 Å². The molecule has 0 aliphatic carbocycles. The summed E-state index contributed by atoms with van der Waals surface area (Å²) in [6.45, 7) is 11.1. The van der Waals surface area contributed by atoms with Crippen molar-refractivity contribution in [3.05, 3.63) is 64.2 Å². The Labute approximate surface area is 258 Å². The Kier molecular flexibility index (Phi) is 10.4. The zero-order valence-electron chi connectivity index (χ0n) is 25.4. The molecule has 0 bridgehead atoms. The fraction of sp³-hybridized carbons (Fsp3) is 0.581. The molecule has 2 aromatic carbocycles. The average Bonchev–Trinajstić information content (AvgIpc) is 3.37. The summed E-state index contributed by atoms with van der Waals surface area (Å²) in [5.74, 6) is -0.0787. The fourth-order valence-electron chi connectivity index (χ4n) is 6.22. The monoisotopic (exact) mass is 642 g/mol. The van der Waals surface area contributed by atoms with Crippen molar-refractivity contribution in [3.63, 3.8) is 0 Å². The minimum absolute atomic E-state index is 0.0292. The van der Waals surface area contributed by atoms with Crippen molar-refractivity contribution >= 4 is 33.2 Å². The Morgan fingerprint density at radius 3 is 2.16 bits per heavy atom. The summed E-state index contributed by atoms with van der Waals surface area (Å²) < 4.78 is 68.2. The van der Waals surface area contributed by atoms with Gasteiger partial charge in [0.05, 0.1) is 17.7 Å². The van der Waals surface area contributed by atoms with Gasteiger partial charge in [0, 0.05) is 68.0 Å². The predicted molar refractivity (Wildman–Crippen MR) is 165 cm³/mol. The largest absolute Gasteiger partial charge is 0.416 e. The molecule has 2 aliphatic heterocycles. The Morgan fingerprint density at radius 2 is 1.63 bits per heavy atom. The third-order valence-electron chi connectivity index (χ3n) is 8.42. The van der Waals surface area contributed by atoms with Crippen molar-refractivity contribution < 1.29 is 26.4 Å². The molecule has 0 spiro atoms. The zero-order chi connectivity index (χ0) is 31.7. The van der Waals surface area contributed by atoms with Gasteiger partial charge in [-0.3, -0.25) is 9.69 Å². The van der Waals surface area contributed by atoms with E-state index in [1.807, 2.05) is 47.9 Å². The molecule has 238 valence electrons. The third-order valence-corrected chi connectivity index (χ3v) is 9.38. The molecular weight excluding hydrogens is 601 g/mol. The molecule has 1 amide bonds. The first-order chi connectivity index (χ1) is 20.0. The second-order valence-corrected chi connectivity index (χ2v) is 14.7. The van der Waals surface area contributed by atoms with Gasteiger partial charge < -0.3 is 9.80 Å². The average molecular weight is 643 g/mol. The van der Waals surface area contributed by atoms with Crippen LogP contribution in [0.1, 0.15) is 62.8 Å². The van der Waals surface area contributed by atoms with E-state index in [-0.39, 0.29) is 23.7 Å². The molecule has 0 saturated carbocycles. The van der Waals surface area contributed by atoms with Gasteiger partial charge in [-0.2, -0.15) is 13.2 Å². The number of rotatable bonds is 9. The van der Waals surface area contributed by atoms with Gasteiger partial charge in [0.25, 0.3) is 0 Å². The van der Waals surface area contributed by atoms with Crippen molar-refractivity contribution in [2.75, 3.05) is 50.4 Å². The maximum Gasteiger partial charge on any atom is 0.416 e. The molecule has 43 heavy (non-hydrogen) atoms. The molecule has 7 nitrogen and oxygen atoms in total. The molecule has 2 saturated heterocycles. The van der Waals surface area contributed by atoms with Gasteiger partial charge in [0.15, 0.2) is 0 Å². The number of benzene rings is 2. The van der Waals surface area contributed by atoms with Crippen LogP contribution in [-0.2, 0) is 21.0 Å². The fourth-order valence-corrected chi connectivity index (χ4v) is 7.09. The second kappa shape index (κ2) is 13.3. The maximum absolute atomic E-state index is 13.9. The molecule has 2 fully saturated rings. The summed E-state index contributed by atoms with van der Waals surface area (Å²) in [7, 11) is -3.70. The molecule has 12 heteroatoms. The zero-order valence-corrected chi connectivity index (χ0v) is 26.9. The molecule has 2 aromatic rings. The number of amides is 1. The molecule has 2 aliphatic rings. The van der Waals surface area contributed by atoms with Gasteiger partial charge in [0.1, 0.15) is 0 Å². The van der Waals surface area contributed by atoms with E-state index >= 15 is 0 Å². The normalized spacial score (nSPS) is 21.2. The van der Waals surface area contributed by atoms with Gasteiger partial charge >= 0.3 is 6.18 Å². The van der Waals surface area contributed by atoms with Crippen LogP contribution in [0.25, 0.3) is 0 Å². The maximum atomic E-state index is 13.9. The Bertz CT molecular complexity index is 1380. The highest BCUT2D eigenvalue weighted by Gasteiger charge is 2.42. The van der Waals surface area contributed by atoms with Gasteiger partial charge in [-0.05, 0) is 67.6 Å². The SMILES string of the molecule is CC(C)C[C@H](NS(C)(=O)=O)c1cc(C(F)(F)F)ccc1N1CCN(C(=O)[C@@H]2CN(C(C)C)C[C@H]2c2ccc(Cl)cc2)CC1. The van der Waals surface area contributed by atoms with Crippen LogP contribution in [0.2, 0.25) is 5.02 Å². The molecular formula is C31H42ClF3N4O3S. The topological polar surface area (TPSA) is 73.0 Å². The highest BCUT2D eigenvalue weighted by Crippen LogP contribution is 2.39. The van der Waals surface area contributed by atoms with E-state index in [0.717, 1.165) is 30.5 Å². The lowest BCUT2D eigenvalue weighted by Gasteiger charge is -2.39. The van der Waals surface area contributed by atoms with E-state index < -0.39 is 27.8 Å². The van der Waals surface area contributed by atoms with Gasteiger partial charge in [-0.15, -0.1) is 0 Å². The van der Waals surface area contributed by atoms with Crippen LogP contribution in [0, 0.1) is 11.8 Å². The minimum Gasteiger partial charge on any atom is -0.368 e. The minimum atomic E-state index is -4.57. The van der Waals surface area contributed by atoms with E-state index in [1.54, 1.807) is 0 Å². The van der Waals surface area contributed by atoms with Crippen LogP contribution in [0.4, 0.5) is 18.9 Å². The van der Waals surface area contributed by atoms with E-state index in [1.165, 1.54) is 6.07 Å². The molecule has 0 unspecified atom stereocenters. The number of nitrogens with one attached hydrogen (secondary N) is 1. The number of carbonyl (C=O) groups excluding carboxylic acids is 1. The van der Waals surface area contributed by atoms with Gasteiger partial charge in [-0.25, -0.2) is 13.1 Å². The number of halogens is 4. The first-order valence-electron chi connectivity index (χ1n) is 14.7. The first kappa shape index (κ1) is 33.6. The lowest BCUT2D eigenvalue weighted by atomic mass is 9.88. The quantitative estimate of drug-likeness (QED) is 0.376. The van der Waals surface area contributed by atoms with E-state index in [0.29, 0.717) is 61.5 Å². The summed E-state index contributed by atoms with van der Waals surface area (Å²) in [6.07, 6.45) is -3.23. The van der Waals surface area contributed by atoms with E-state index in [9.17, 15) is 26.4 Å². The Morgan fingerprint density at radius 1 is 1.00 bits per heavy atom. The summed E-state index contributed by atoms with van der Waals surface area (Å²) >= 11 is 6.12. The van der Waals surface area contributed by atoms with Crippen LogP contribution in [0.5, 0.6) is 0 Å².